The van der Waals surface area contributed by atoms with Crippen molar-refractivity contribution >= 4 is 23.4 Å². The van der Waals surface area contributed by atoms with Gasteiger partial charge in [-0.05, 0) is 42.3 Å². The third-order valence-electron chi connectivity index (χ3n) is 4.98. The summed E-state index contributed by atoms with van der Waals surface area (Å²) in [6.45, 7) is 5.83. The van der Waals surface area contributed by atoms with Crippen molar-refractivity contribution < 1.29 is 14.3 Å². The quantitative estimate of drug-likeness (QED) is 0.899. The van der Waals surface area contributed by atoms with Crippen LogP contribution in [0.25, 0.3) is 0 Å². The first-order valence-electron chi connectivity index (χ1n) is 9.02. The number of hydrogen-bond acceptors (Lipinski definition) is 5. The Morgan fingerprint density at radius 2 is 2.19 bits per heavy atom. The number of cyclic esters (lactones) is 1. The summed E-state index contributed by atoms with van der Waals surface area (Å²) in [5.41, 5.74) is 5.32. The van der Waals surface area contributed by atoms with Crippen LogP contribution >= 0.6 is 0 Å². The topological polar surface area (TPSA) is 74.8 Å². The minimum absolute atomic E-state index is 0.133. The molecular formula is C20H22N4O3. The number of anilines is 2. The van der Waals surface area contributed by atoms with E-state index in [1.165, 1.54) is 12.5 Å². The van der Waals surface area contributed by atoms with Gasteiger partial charge in [-0.3, -0.25) is 14.7 Å². The number of pyridine rings is 1. The summed E-state index contributed by atoms with van der Waals surface area (Å²) in [4.78, 5) is 31.7. The van der Waals surface area contributed by atoms with Crippen LogP contribution in [0.5, 0.6) is 0 Å². The molecule has 3 heterocycles. The number of carbonyl (C=O) groups excluding carboxylic acids is 2. The van der Waals surface area contributed by atoms with Crippen LogP contribution in [0, 0.1) is 6.92 Å². The number of aromatic nitrogens is 1. The van der Waals surface area contributed by atoms with Gasteiger partial charge in [-0.25, -0.2) is 4.79 Å². The molecule has 0 bridgehead atoms. The first-order chi connectivity index (χ1) is 13.0. The predicted molar refractivity (Wildman–Crippen MR) is 102 cm³/mol. The van der Waals surface area contributed by atoms with Gasteiger partial charge in [0.25, 0.3) is 0 Å². The van der Waals surface area contributed by atoms with E-state index in [0.717, 1.165) is 35.7 Å². The summed E-state index contributed by atoms with van der Waals surface area (Å²) in [7, 11) is 0. The molecule has 0 unspecified atom stereocenters. The number of aryl methyl sites for hydroxylation is 1. The maximum Gasteiger partial charge on any atom is 0.414 e. The molecule has 1 saturated heterocycles. The van der Waals surface area contributed by atoms with Gasteiger partial charge in [0.1, 0.15) is 6.10 Å². The zero-order chi connectivity index (χ0) is 19.0. The molecule has 0 spiro atoms. The summed E-state index contributed by atoms with van der Waals surface area (Å²) in [5.74, 6) is -0.133. The lowest BCUT2D eigenvalue weighted by Gasteiger charge is -2.21. The van der Waals surface area contributed by atoms with Crippen molar-refractivity contribution in [2.24, 2.45) is 0 Å². The van der Waals surface area contributed by atoms with Crippen molar-refractivity contribution in [3.05, 3.63) is 53.3 Å². The predicted octanol–water partition coefficient (Wildman–Crippen LogP) is 2.37. The zero-order valence-corrected chi connectivity index (χ0v) is 15.4. The van der Waals surface area contributed by atoms with Crippen LogP contribution < -0.4 is 15.1 Å². The Hall–Kier alpha value is -3.09. The van der Waals surface area contributed by atoms with Gasteiger partial charge in [0.2, 0.25) is 5.91 Å². The fourth-order valence-electron chi connectivity index (χ4n) is 3.60. The van der Waals surface area contributed by atoms with Gasteiger partial charge >= 0.3 is 6.09 Å². The van der Waals surface area contributed by atoms with Gasteiger partial charge in [0.15, 0.2) is 0 Å². The van der Waals surface area contributed by atoms with E-state index in [-0.39, 0.29) is 18.1 Å². The molecule has 1 aromatic carbocycles. The van der Waals surface area contributed by atoms with Crippen LogP contribution in [0.15, 0.2) is 36.5 Å². The summed E-state index contributed by atoms with van der Waals surface area (Å²) in [6.07, 6.45) is 1.12. The molecule has 1 aromatic heterocycles. The second-order valence-corrected chi connectivity index (χ2v) is 6.99. The van der Waals surface area contributed by atoms with Crippen LogP contribution in [0.4, 0.5) is 16.2 Å². The lowest BCUT2D eigenvalue weighted by molar-refractivity contribution is -0.119. The fourth-order valence-corrected chi connectivity index (χ4v) is 3.60. The van der Waals surface area contributed by atoms with E-state index in [4.69, 9.17) is 4.74 Å². The minimum Gasteiger partial charge on any atom is -0.442 e. The first-order valence-corrected chi connectivity index (χ1v) is 9.02. The molecule has 1 fully saturated rings. The zero-order valence-electron chi connectivity index (χ0n) is 15.4. The largest absolute Gasteiger partial charge is 0.442 e. The standard InChI is InChI=1S/C20H22N4O3/c1-13-8-16(23-10-15-4-3-7-21-18(15)12-23)5-6-19(13)24-11-17(27-20(24)26)9-22-14(2)25/h3-8,17H,9-12H2,1-2H3,(H,22,25)/t17-/m0/s1. The minimum atomic E-state index is -0.376. The van der Waals surface area contributed by atoms with E-state index in [1.807, 2.05) is 31.3 Å². The van der Waals surface area contributed by atoms with E-state index in [9.17, 15) is 9.59 Å². The summed E-state index contributed by atoms with van der Waals surface area (Å²) in [5, 5.41) is 2.69. The lowest BCUT2D eigenvalue weighted by atomic mass is 10.1. The average molecular weight is 366 g/mol. The second kappa shape index (κ2) is 6.90. The summed E-state index contributed by atoms with van der Waals surface area (Å²) >= 11 is 0. The van der Waals surface area contributed by atoms with Crippen molar-refractivity contribution in [1.82, 2.24) is 10.3 Å². The average Bonchev–Trinajstić information content (AvgIpc) is 3.23. The Balaban J connectivity index is 1.48. The number of ether oxygens (including phenoxy) is 1. The van der Waals surface area contributed by atoms with Crippen LogP contribution in [-0.4, -0.2) is 36.2 Å². The molecule has 27 heavy (non-hydrogen) atoms. The Labute approximate surface area is 157 Å². The van der Waals surface area contributed by atoms with Crippen molar-refractivity contribution in [2.45, 2.75) is 33.0 Å². The SMILES string of the molecule is CC(=O)NC[C@H]1CN(c2ccc(N3Cc4cccnc4C3)cc2C)C(=O)O1. The Morgan fingerprint density at radius 1 is 1.33 bits per heavy atom. The number of carbonyl (C=O) groups is 2. The molecule has 0 aliphatic carbocycles. The molecule has 2 amide bonds. The monoisotopic (exact) mass is 366 g/mol. The van der Waals surface area contributed by atoms with E-state index in [0.29, 0.717) is 13.1 Å². The number of amides is 2. The Kier molecular flexibility index (Phi) is 4.43. The van der Waals surface area contributed by atoms with E-state index < -0.39 is 0 Å². The molecule has 140 valence electrons. The van der Waals surface area contributed by atoms with Crippen molar-refractivity contribution in [3.63, 3.8) is 0 Å². The molecule has 1 N–H and O–H groups in total. The van der Waals surface area contributed by atoms with Gasteiger partial charge in [-0.2, -0.15) is 0 Å². The second-order valence-electron chi connectivity index (χ2n) is 6.99. The number of fused-ring (bicyclic) bond motifs is 1. The number of hydrogen-bond donors (Lipinski definition) is 1. The highest BCUT2D eigenvalue weighted by molar-refractivity contribution is 5.91. The molecule has 2 aliphatic rings. The lowest BCUT2D eigenvalue weighted by Crippen LogP contribution is -2.33. The third kappa shape index (κ3) is 3.45. The normalized spacial score (nSPS) is 18.4. The number of benzene rings is 1. The van der Waals surface area contributed by atoms with Crippen molar-refractivity contribution in [2.75, 3.05) is 22.9 Å². The van der Waals surface area contributed by atoms with E-state index in [1.54, 1.807) is 4.90 Å². The van der Waals surface area contributed by atoms with Gasteiger partial charge in [0.05, 0.1) is 31.0 Å². The Bertz CT molecular complexity index is 874. The van der Waals surface area contributed by atoms with Gasteiger partial charge < -0.3 is 15.0 Å². The van der Waals surface area contributed by atoms with Crippen LogP contribution in [0.3, 0.4) is 0 Å². The molecule has 7 heteroatoms. The number of nitrogens with zero attached hydrogens (tertiary/aromatic N) is 3. The fraction of sp³-hybridized carbons (Fsp3) is 0.350. The smallest absolute Gasteiger partial charge is 0.414 e. The van der Waals surface area contributed by atoms with E-state index in [2.05, 4.69) is 27.3 Å². The highest BCUT2D eigenvalue weighted by Crippen LogP contribution is 2.32. The Morgan fingerprint density at radius 3 is 2.93 bits per heavy atom. The van der Waals surface area contributed by atoms with Gasteiger partial charge in [-0.1, -0.05) is 6.07 Å². The molecular weight excluding hydrogens is 344 g/mol. The van der Waals surface area contributed by atoms with Crippen molar-refractivity contribution in [1.29, 1.82) is 0 Å². The molecule has 4 rings (SSSR count). The third-order valence-corrected chi connectivity index (χ3v) is 4.98. The summed E-state index contributed by atoms with van der Waals surface area (Å²) < 4.78 is 5.36. The highest BCUT2D eigenvalue weighted by Gasteiger charge is 2.33. The number of nitrogens with one attached hydrogen (secondary N) is 1. The van der Waals surface area contributed by atoms with E-state index >= 15 is 0 Å². The van der Waals surface area contributed by atoms with Crippen molar-refractivity contribution in [3.8, 4) is 0 Å². The molecule has 2 aliphatic heterocycles. The molecule has 0 saturated carbocycles. The summed E-state index contributed by atoms with van der Waals surface area (Å²) in [6, 6.07) is 10.2. The first kappa shape index (κ1) is 17.3. The van der Waals surface area contributed by atoms with Gasteiger partial charge in [0, 0.05) is 25.4 Å². The maximum absolute atomic E-state index is 12.2. The maximum atomic E-state index is 12.2. The highest BCUT2D eigenvalue weighted by atomic mass is 16.6. The molecule has 2 aromatic rings. The van der Waals surface area contributed by atoms with Crippen LogP contribution in [0.1, 0.15) is 23.7 Å². The molecule has 0 radical (unpaired) electrons. The molecule has 7 nitrogen and oxygen atoms in total. The number of rotatable bonds is 4. The van der Waals surface area contributed by atoms with Crippen LogP contribution in [-0.2, 0) is 22.6 Å². The van der Waals surface area contributed by atoms with Gasteiger partial charge in [-0.15, -0.1) is 0 Å². The molecule has 1 atom stereocenters. The van der Waals surface area contributed by atoms with Crippen LogP contribution in [0.2, 0.25) is 0 Å².